The molecule has 2 unspecified atom stereocenters. The number of aliphatic hydroxyl groups is 1. The molecule has 27 heavy (non-hydrogen) atoms. The van der Waals surface area contributed by atoms with Gasteiger partial charge in [-0.3, -0.25) is 0 Å². The average molecular weight is 381 g/mol. The molecule has 0 aliphatic carbocycles. The number of rotatable bonds is 4. The van der Waals surface area contributed by atoms with E-state index < -0.39 is 6.10 Å². The second-order valence-electron chi connectivity index (χ2n) is 7.75. The van der Waals surface area contributed by atoms with E-state index in [1.54, 1.807) is 18.3 Å². The number of nitrogens with zero attached hydrogens (tertiary/aromatic N) is 4. The fourth-order valence-electron chi connectivity index (χ4n) is 4.37. The van der Waals surface area contributed by atoms with E-state index >= 15 is 0 Å². The molecular formula is C21H24N4OS. The maximum atomic E-state index is 9.83. The van der Waals surface area contributed by atoms with Gasteiger partial charge in [-0.15, -0.1) is 16.4 Å². The predicted octanol–water partition coefficient (Wildman–Crippen LogP) is 3.99. The van der Waals surface area contributed by atoms with Gasteiger partial charge in [0.05, 0.1) is 23.2 Å². The maximum absolute atomic E-state index is 9.83. The Morgan fingerprint density at radius 2 is 1.96 bits per heavy atom. The molecule has 0 radical (unpaired) electrons. The standard InChI is InChI=1S/C21H24N4OS/c1-14(26)16-3-2-4-17(11-16)20-5-6-21(27-20)18-12-25(23-22-18)19-13-24-9-7-15(19)8-10-24/h2-6,11-12,14-15,19,26H,7-10,13H2,1H3. The Bertz CT molecular complexity index is 939. The van der Waals surface area contributed by atoms with E-state index in [-0.39, 0.29) is 0 Å². The Morgan fingerprint density at radius 3 is 2.70 bits per heavy atom. The summed E-state index contributed by atoms with van der Waals surface area (Å²) in [6, 6.07) is 12.8. The molecule has 6 heteroatoms. The van der Waals surface area contributed by atoms with Crippen LogP contribution in [0.3, 0.4) is 0 Å². The van der Waals surface area contributed by atoms with Crippen LogP contribution < -0.4 is 0 Å². The van der Waals surface area contributed by atoms with Crippen LogP contribution in [0.1, 0.15) is 37.5 Å². The molecule has 1 aromatic carbocycles. The van der Waals surface area contributed by atoms with Gasteiger partial charge in [0.25, 0.3) is 0 Å². The highest BCUT2D eigenvalue weighted by atomic mass is 32.1. The Kier molecular flexibility index (Phi) is 4.34. The van der Waals surface area contributed by atoms with E-state index in [0.29, 0.717) is 6.04 Å². The molecule has 3 aliphatic heterocycles. The second kappa shape index (κ2) is 6.86. The molecule has 0 spiro atoms. The van der Waals surface area contributed by atoms with E-state index in [1.807, 2.05) is 12.1 Å². The van der Waals surface area contributed by atoms with Gasteiger partial charge in [0.2, 0.25) is 0 Å². The summed E-state index contributed by atoms with van der Waals surface area (Å²) in [6.45, 7) is 5.38. The molecule has 5 nitrogen and oxygen atoms in total. The zero-order valence-electron chi connectivity index (χ0n) is 15.5. The molecule has 2 atom stereocenters. The van der Waals surface area contributed by atoms with Crippen molar-refractivity contribution in [1.29, 1.82) is 0 Å². The fraction of sp³-hybridized carbons (Fsp3) is 0.429. The van der Waals surface area contributed by atoms with Crippen molar-refractivity contribution >= 4 is 11.3 Å². The third kappa shape index (κ3) is 3.22. The van der Waals surface area contributed by atoms with Crippen LogP contribution in [0.15, 0.2) is 42.6 Å². The molecule has 3 fully saturated rings. The first kappa shape index (κ1) is 17.1. The third-order valence-corrected chi connectivity index (χ3v) is 7.14. The molecule has 5 heterocycles. The van der Waals surface area contributed by atoms with E-state index in [2.05, 4.69) is 50.4 Å². The summed E-state index contributed by atoms with van der Waals surface area (Å²) in [4.78, 5) is 4.87. The molecule has 6 rings (SSSR count). The first-order chi connectivity index (χ1) is 13.2. The lowest BCUT2D eigenvalue weighted by Crippen LogP contribution is -2.48. The molecule has 1 N–H and O–H groups in total. The van der Waals surface area contributed by atoms with E-state index in [1.165, 1.54) is 30.8 Å². The third-order valence-electron chi connectivity index (χ3n) is 5.98. The molecule has 3 aliphatic rings. The number of thiophene rings is 1. The van der Waals surface area contributed by atoms with Crippen molar-refractivity contribution < 1.29 is 5.11 Å². The molecular weight excluding hydrogens is 356 g/mol. The fourth-order valence-corrected chi connectivity index (χ4v) is 5.32. The Labute approximate surface area is 163 Å². The molecule has 0 saturated carbocycles. The summed E-state index contributed by atoms with van der Waals surface area (Å²) in [5.74, 6) is 0.742. The molecule has 3 saturated heterocycles. The van der Waals surface area contributed by atoms with Crippen LogP contribution in [0.25, 0.3) is 21.0 Å². The Balaban J connectivity index is 1.39. The van der Waals surface area contributed by atoms with Gasteiger partial charge in [-0.2, -0.15) is 0 Å². The van der Waals surface area contributed by atoms with Gasteiger partial charge in [-0.1, -0.05) is 23.4 Å². The molecule has 2 aromatic heterocycles. The quantitative estimate of drug-likeness (QED) is 0.743. The van der Waals surface area contributed by atoms with Gasteiger partial charge in [0.1, 0.15) is 5.69 Å². The van der Waals surface area contributed by atoms with Crippen LogP contribution in [0.5, 0.6) is 0 Å². The summed E-state index contributed by atoms with van der Waals surface area (Å²) in [7, 11) is 0. The number of fused-ring (bicyclic) bond motifs is 3. The highest BCUT2D eigenvalue weighted by Crippen LogP contribution is 2.37. The number of hydrogen-bond donors (Lipinski definition) is 1. The van der Waals surface area contributed by atoms with E-state index in [9.17, 15) is 5.11 Å². The van der Waals surface area contributed by atoms with Crippen LogP contribution >= 0.6 is 11.3 Å². The number of aliphatic hydroxyl groups excluding tert-OH is 1. The number of benzene rings is 1. The highest BCUT2D eigenvalue weighted by Gasteiger charge is 2.35. The minimum atomic E-state index is -0.453. The van der Waals surface area contributed by atoms with Crippen molar-refractivity contribution in [3.8, 4) is 21.0 Å². The second-order valence-corrected chi connectivity index (χ2v) is 8.84. The van der Waals surface area contributed by atoms with Gasteiger partial charge >= 0.3 is 0 Å². The molecule has 0 amide bonds. The van der Waals surface area contributed by atoms with Crippen molar-refractivity contribution in [2.45, 2.75) is 31.9 Å². The summed E-state index contributed by atoms with van der Waals surface area (Å²) < 4.78 is 2.10. The van der Waals surface area contributed by atoms with Gasteiger partial charge < -0.3 is 10.0 Å². The molecule has 3 aromatic rings. The monoisotopic (exact) mass is 380 g/mol. The van der Waals surface area contributed by atoms with Crippen molar-refractivity contribution in [1.82, 2.24) is 19.9 Å². The van der Waals surface area contributed by atoms with Crippen molar-refractivity contribution in [2.24, 2.45) is 5.92 Å². The topological polar surface area (TPSA) is 54.2 Å². The van der Waals surface area contributed by atoms with Crippen LogP contribution in [0, 0.1) is 5.92 Å². The lowest BCUT2D eigenvalue weighted by Gasteiger charge is -2.44. The minimum Gasteiger partial charge on any atom is -0.389 e. The zero-order chi connectivity index (χ0) is 18.4. The number of piperidine rings is 3. The first-order valence-corrected chi connectivity index (χ1v) is 10.5. The van der Waals surface area contributed by atoms with Gasteiger partial charge in [0.15, 0.2) is 0 Å². The van der Waals surface area contributed by atoms with Crippen LogP contribution in [-0.4, -0.2) is 44.6 Å². The zero-order valence-corrected chi connectivity index (χ0v) is 16.3. The van der Waals surface area contributed by atoms with Crippen LogP contribution in [0.4, 0.5) is 0 Å². The van der Waals surface area contributed by atoms with E-state index in [4.69, 9.17) is 0 Å². The molecule has 2 bridgehead atoms. The summed E-state index contributed by atoms with van der Waals surface area (Å²) in [5.41, 5.74) is 3.03. The first-order valence-electron chi connectivity index (χ1n) is 9.70. The Hall–Kier alpha value is -2.02. The Morgan fingerprint density at radius 1 is 1.15 bits per heavy atom. The van der Waals surface area contributed by atoms with Crippen molar-refractivity contribution in [2.75, 3.05) is 19.6 Å². The van der Waals surface area contributed by atoms with Gasteiger partial charge in [0, 0.05) is 11.4 Å². The molecule has 140 valence electrons. The SMILES string of the molecule is CC(O)c1cccc(-c2ccc(-c3cn(C4CN5CCC4CC5)nn3)s2)c1. The summed E-state index contributed by atoms with van der Waals surface area (Å²) in [5, 5.41) is 18.8. The van der Waals surface area contributed by atoms with Gasteiger partial charge in [-0.25, -0.2) is 4.68 Å². The largest absolute Gasteiger partial charge is 0.389 e. The van der Waals surface area contributed by atoms with Gasteiger partial charge in [-0.05, 0) is 68.1 Å². The normalized spacial score (nSPS) is 25.6. The summed E-state index contributed by atoms with van der Waals surface area (Å²) >= 11 is 1.73. The maximum Gasteiger partial charge on any atom is 0.123 e. The summed E-state index contributed by atoms with van der Waals surface area (Å²) in [6.07, 6.45) is 4.23. The van der Waals surface area contributed by atoms with Crippen molar-refractivity contribution in [3.05, 3.63) is 48.2 Å². The highest BCUT2D eigenvalue weighted by molar-refractivity contribution is 7.18. The predicted molar refractivity (Wildman–Crippen MR) is 108 cm³/mol. The smallest absolute Gasteiger partial charge is 0.123 e. The lowest BCUT2D eigenvalue weighted by atomic mass is 9.84. The average Bonchev–Trinajstić information content (AvgIpc) is 3.38. The minimum absolute atomic E-state index is 0.453. The number of hydrogen-bond acceptors (Lipinski definition) is 5. The van der Waals surface area contributed by atoms with Crippen LogP contribution in [-0.2, 0) is 0 Å². The lowest BCUT2D eigenvalue weighted by molar-refractivity contribution is 0.0504. The van der Waals surface area contributed by atoms with E-state index in [0.717, 1.165) is 34.2 Å². The van der Waals surface area contributed by atoms with Crippen LogP contribution in [0.2, 0.25) is 0 Å². The van der Waals surface area contributed by atoms with Crippen molar-refractivity contribution in [3.63, 3.8) is 0 Å². The number of aromatic nitrogens is 3.